The third-order valence-corrected chi connectivity index (χ3v) is 3.45. The van der Waals surface area contributed by atoms with E-state index in [9.17, 15) is 18.0 Å². The molecule has 2 fully saturated rings. The average Bonchev–Trinajstić information content (AvgIpc) is 3.28. The number of rotatable bonds is 5. The minimum atomic E-state index is -4.40. The van der Waals surface area contributed by atoms with Gasteiger partial charge in [-0.25, -0.2) is 0 Å². The van der Waals surface area contributed by atoms with Crippen molar-refractivity contribution >= 4 is 5.91 Å². The lowest BCUT2D eigenvalue weighted by Crippen LogP contribution is -2.26. The summed E-state index contributed by atoms with van der Waals surface area (Å²) in [5, 5.41) is 2.75. The fourth-order valence-electron chi connectivity index (χ4n) is 2.04. The van der Waals surface area contributed by atoms with Gasteiger partial charge in [-0.05, 0) is 31.6 Å². The predicted molar refractivity (Wildman–Crippen MR) is 68.3 cm³/mol. The maximum Gasteiger partial charge on any atom is 0.422 e. The average molecular weight is 300 g/mol. The van der Waals surface area contributed by atoms with Crippen LogP contribution in [0.3, 0.4) is 0 Å². The van der Waals surface area contributed by atoms with E-state index in [4.69, 9.17) is 4.74 Å². The SMILES string of the molecule is O=C(NC1CC1)c1cc(OCC(F)(F)F)c(C2CC2)cn1. The van der Waals surface area contributed by atoms with Crippen LogP contribution in [0, 0.1) is 0 Å². The van der Waals surface area contributed by atoms with Gasteiger partial charge in [0.1, 0.15) is 11.4 Å². The number of halogens is 3. The first kappa shape index (κ1) is 14.2. The number of alkyl halides is 3. The molecule has 0 saturated heterocycles. The van der Waals surface area contributed by atoms with Crippen molar-refractivity contribution in [3.63, 3.8) is 0 Å². The van der Waals surface area contributed by atoms with Gasteiger partial charge in [0.2, 0.25) is 0 Å². The van der Waals surface area contributed by atoms with E-state index in [1.165, 1.54) is 12.3 Å². The molecule has 0 radical (unpaired) electrons. The first-order valence-corrected chi connectivity index (χ1v) is 6.93. The van der Waals surface area contributed by atoms with E-state index in [0.29, 0.717) is 5.56 Å². The Labute approximate surface area is 119 Å². The summed E-state index contributed by atoms with van der Waals surface area (Å²) in [4.78, 5) is 15.9. The van der Waals surface area contributed by atoms with Gasteiger partial charge >= 0.3 is 6.18 Å². The molecule has 7 heteroatoms. The van der Waals surface area contributed by atoms with E-state index in [0.717, 1.165) is 25.7 Å². The molecule has 1 N–H and O–H groups in total. The van der Waals surface area contributed by atoms with Crippen LogP contribution >= 0.6 is 0 Å². The zero-order chi connectivity index (χ0) is 15.0. The van der Waals surface area contributed by atoms with Crippen molar-refractivity contribution in [3.8, 4) is 5.75 Å². The van der Waals surface area contributed by atoms with Gasteiger partial charge in [0.25, 0.3) is 5.91 Å². The summed E-state index contributed by atoms with van der Waals surface area (Å²) in [6.45, 7) is -1.36. The number of nitrogens with one attached hydrogen (secondary N) is 1. The molecular weight excluding hydrogens is 285 g/mol. The molecule has 0 unspecified atom stereocenters. The summed E-state index contributed by atoms with van der Waals surface area (Å²) < 4.78 is 41.8. The number of hydrogen-bond donors (Lipinski definition) is 1. The standard InChI is InChI=1S/C14H15F3N2O2/c15-14(16,17)7-21-12-5-11(13(20)19-9-3-4-9)18-6-10(12)8-1-2-8/h5-6,8-9H,1-4,7H2,(H,19,20). The van der Waals surface area contributed by atoms with Crippen molar-refractivity contribution in [2.45, 2.75) is 43.8 Å². The molecule has 4 nitrogen and oxygen atoms in total. The molecule has 0 aliphatic heterocycles. The topological polar surface area (TPSA) is 51.2 Å². The third-order valence-electron chi connectivity index (χ3n) is 3.45. The van der Waals surface area contributed by atoms with Crippen LogP contribution in [0.25, 0.3) is 0 Å². The van der Waals surface area contributed by atoms with Crippen molar-refractivity contribution < 1.29 is 22.7 Å². The zero-order valence-electron chi connectivity index (χ0n) is 11.2. The Kier molecular flexibility index (Phi) is 3.51. The van der Waals surface area contributed by atoms with E-state index in [-0.39, 0.29) is 29.3 Å². The first-order chi connectivity index (χ1) is 9.92. The Morgan fingerprint density at radius 2 is 2.05 bits per heavy atom. The molecule has 2 saturated carbocycles. The second-order valence-corrected chi connectivity index (χ2v) is 5.53. The number of ether oxygens (including phenoxy) is 1. The second kappa shape index (κ2) is 5.20. The van der Waals surface area contributed by atoms with Crippen molar-refractivity contribution in [3.05, 3.63) is 23.5 Å². The highest BCUT2D eigenvalue weighted by Gasteiger charge is 2.32. The van der Waals surface area contributed by atoms with Crippen LogP contribution < -0.4 is 10.1 Å². The second-order valence-electron chi connectivity index (χ2n) is 5.53. The number of nitrogens with zero attached hydrogens (tertiary/aromatic N) is 1. The monoisotopic (exact) mass is 300 g/mol. The summed E-state index contributed by atoms with van der Waals surface area (Å²) in [5.41, 5.74) is 0.755. The molecule has 2 aliphatic carbocycles. The summed E-state index contributed by atoms with van der Waals surface area (Å²) in [5.74, 6) is -0.0521. The Morgan fingerprint density at radius 1 is 1.33 bits per heavy atom. The van der Waals surface area contributed by atoms with Crippen LogP contribution in [0.4, 0.5) is 13.2 Å². The Bertz CT molecular complexity index is 552. The molecule has 1 amide bonds. The third kappa shape index (κ3) is 3.86. The van der Waals surface area contributed by atoms with Crippen molar-refractivity contribution in [1.82, 2.24) is 10.3 Å². The zero-order valence-corrected chi connectivity index (χ0v) is 11.2. The van der Waals surface area contributed by atoms with Crippen LogP contribution in [0.1, 0.15) is 47.7 Å². The number of hydrogen-bond acceptors (Lipinski definition) is 3. The number of aromatic nitrogens is 1. The summed E-state index contributed by atoms with van der Waals surface area (Å²) in [7, 11) is 0. The highest BCUT2D eigenvalue weighted by molar-refractivity contribution is 5.93. The summed E-state index contributed by atoms with van der Waals surface area (Å²) in [6, 6.07) is 1.49. The van der Waals surface area contributed by atoms with E-state index in [1.807, 2.05) is 0 Å². The maximum absolute atomic E-state index is 12.3. The smallest absolute Gasteiger partial charge is 0.422 e. The van der Waals surface area contributed by atoms with Crippen molar-refractivity contribution in [2.75, 3.05) is 6.61 Å². The van der Waals surface area contributed by atoms with Gasteiger partial charge in [-0.1, -0.05) is 0 Å². The number of carbonyl (C=O) groups is 1. The van der Waals surface area contributed by atoms with E-state index < -0.39 is 12.8 Å². The van der Waals surface area contributed by atoms with E-state index in [2.05, 4.69) is 10.3 Å². The van der Waals surface area contributed by atoms with Crippen molar-refractivity contribution in [1.29, 1.82) is 0 Å². The van der Waals surface area contributed by atoms with Gasteiger partial charge in [-0.2, -0.15) is 13.2 Å². The van der Waals surface area contributed by atoms with Gasteiger partial charge < -0.3 is 10.1 Å². The quantitative estimate of drug-likeness (QED) is 0.909. The number of amides is 1. The highest BCUT2D eigenvalue weighted by Crippen LogP contribution is 2.44. The van der Waals surface area contributed by atoms with Gasteiger partial charge in [-0.3, -0.25) is 9.78 Å². The molecule has 1 heterocycles. The van der Waals surface area contributed by atoms with Gasteiger partial charge in [0.05, 0.1) is 0 Å². The van der Waals surface area contributed by atoms with Gasteiger partial charge in [0, 0.05) is 23.9 Å². The lowest BCUT2D eigenvalue weighted by Gasteiger charge is -2.13. The van der Waals surface area contributed by atoms with Gasteiger partial charge in [-0.15, -0.1) is 0 Å². The van der Waals surface area contributed by atoms with Crippen LogP contribution in [0.15, 0.2) is 12.3 Å². The molecule has 0 spiro atoms. The lowest BCUT2D eigenvalue weighted by atomic mass is 10.1. The van der Waals surface area contributed by atoms with Crippen LogP contribution in [-0.2, 0) is 0 Å². The van der Waals surface area contributed by atoms with Gasteiger partial charge in [0.15, 0.2) is 6.61 Å². The van der Waals surface area contributed by atoms with E-state index in [1.54, 1.807) is 0 Å². The summed E-state index contributed by atoms with van der Waals surface area (Å²) >= 11 is 0. The molecule has 114 valence electrons. The Hall–Kier alpha value is -1.79. The molecular formula is C14H15F3N2O2. The largest absolute Gasteiger partial charge is 0.484 e. The Morgan fingerprint density at radius 3 is 2.62 bits per heavy atom. The first-order valence-electron chi connectivity index (χ1n) is 6.93. The van der Waals surface area contributed by atoms with E-state index >= 15 is 0 Å². The minimum Gasteiger partial charge on any atom is -0.484 e. The van der Waals surface area contributed by atoms with Crippen LogP contribution in [-0.4, -0.2) is 29.7 Å². The van der Waals surface area contributed by atoms with Crippen LogP contribution in [0.2, 0.25) is 0 Å². The fraction of sp³-hybridized carbons (Fsp3) is 0.571. The lowest BCUT2D eigenvalue weighted by molar-refractivity contribution is -0.153. The maximum atomic E-state index is 12.3. The molecule has 0 bridgehead atoms. The predicted octanol–water partition coefficient (Wildman–Crippen LogP) is 2.79. The summed E-state index contributed by atoms with van der Waals surface area (Å²) in [6.07, 6.45) is 0.758. The molecule has 21 heavy (non-hydrogen) atoms. The number of pyridine rings is 1. The van der Waals surface area contributed by atoms with Crippen LogP contribution in [0.5, 0.6) is 5.75 Å². The molecule has 2 aliphatic rings. The molecule has 1 aromatic rings. The highest BCUT2D eigenvalue weighted by atomic mass is 19.4. The molecule has 3 rings (SSSR count). The molecule has 0 atom stereocenters. The molecule has 0 aromatic carbocycles. The molecule has 1 aromatic heterocycles. The van der Waals surface area contributed by atoms with Crippen molar-refractivity contribution in [2.24, 2.45) is 0 Å². The normalized spacial score (nSPS) is 18.4. The number of carbonyl (C=O) groups excluding carboxylic acids is 1. The fourth-order valence-corrected chi connectivity index (χ4v) is 2.04. The minimum absolute atomic E-state index is 0.100. The Balaban J connectivity index is 1.77.